The molecule has 34 heavy (non-hydrogen) atoms. The van der Waals surface area contributed by atoms with Crippen LogP contribution in [-0.4, -0.2) is 44.7 Å². The number of carbonyl (C=O) groups excluding carboxylic acids is 2. The second-order valence-electron chi connectivity index (χ2n) is 8.02. The number of pyridine rings is 1. The Morgan fingerprint density at radius 1 is 1.18 bits per heavy atom. The molecule has 0 saturated carbocycles. The summed E-state index contributed by atoms with van der Waals surface area (Å²) >= 11 is 0.761. The first-order chi connectivity index (χ1) is 16.5. The third-order valence-electron chi connectivity index (χ3n) is 5.69. The molecule has 2 aliphatic rings. The van der Waals surface area contributed by atoms with E-state index in [1.165, 1.54) is 34.7 Å². The van der Waals surface area contributed by atoms with Crippen molar-refractivity contribution in [2.75, 3.05) is 18.5 Å². The normalized spacial score (nSPS) is 19.5. The topological polar surface area (TPSA) is 93.0 Å². The molecule has 174 valence electrons. The summed E-state index contributed by atoms with van der Waals surface area (Å²) < 4.78 is 20.2. The molecule has 0 spiro atoms. The minimum absolute atomic E-state index is 0.0152. The number of carbonyl (C=O) groups is 2. The summed E-state index contributed by atoms with van der Waals surface area (Å²) in [5, 5.41) is 2.74. The van der Waals surface area contributed by atoms with Gasteiger partial charge in [0, 0.05) is 19.3 Å². The van der Waals surface area contributed by atoms with Crippen molar-refractivity contribution in [3.63, 3.8) is 0 Å². The smallest absolute Gasteiger partial charge is 0.293 e. The first kappa shape index (κ1) is 22.3. The molecule has 4 heterocycles. The fourth-order valence-electron chi connectivity index (χ4n) is 3.92. The first-order valence-electron chi connectivity index (χ1n) is 10.9. The largest absolute Gasteiger partial charge is 0.376 e. The van der Waals surface area contributed by atoms with Crippen LogP contribution in [0.3, 0.4) is 0 Å². The molecule has 5 rings (SSSR count). The summed E-state index contributed by atoms with van der Waals surface area (Å²) in [7, 11) is 0. The van der Waals surface area contributed by atoms with Gasteiger partial charge in [0.1, 0.15) is 17.3 Å². The lowest BCUT2D eigenvalue weighted by Crippen LogP contribution is -2.27. The van der Waals surface area contributed by atoms with Gasteiger partial charge in [0.25, 0.3) is 16.7 Å². The standard InChI is InChI=1S/C24H21FN4O4S/c25-16-8-6-15(7-9-16)14-29-23(31)19(34-24(29)32)12-18-21(26-13-17-4-3-11-33-17)27-20-5-1-2-10-28(20)22(18)30/h1-2,5-10,12,17,26H,3-4,11,13-14H2. The molecule has 8 nitrogen and oxygen atoms in total. The molecule has 2 amide bonds. The summed E-state index contributed by atoms with van der Waals surface area (Å²) in [6, 6.07) is 10.8. The lowest BCUT2D eigenvalue weighted by molar-refractivity contribution is -0.123. The first-order valence-corrected chi connectivity index (χ1v) is 11.7. The zero-order valence-corrected chi connectivity index (χ0v) is 18.9. The highest BCUT2D eigenvalue weighted by molar-refractivity contribution is 8.18. The summed E-state index contributed by atoms with van der Waals surface area (Å²) in [5.41, 5.74) is 0.917. The molecule has 1 N–H and O–H groups in total. The molecular weight excluding hydrogens is 459 g/mol. The number of aromatic nitrogens is 2. The van der Waals surface area contributed by atoms with E-state index < -0.39 is 17.0 Å². The van der Waals surface area contributed by atoms with Crippen LogP contribution in [0.25, 0.3) is 11.7 Å². The Morgan fingerprint density at radius 2 is 2.00 bits per heavy atom. The second kappa shape index (κ2) is 9.40. The fourth-order valence-corrected chi connectivity index (χ4v) is 4.74. The molecule has 3 aromatic rings. The molecule has 0 bridgehead atoms. The van der Waals surface area contributed by atoms with E-state index in [0.29, 0.717) is 30.2 Å². The minimum atomic E-state index is -0.512. The van der Waals surface area contributed by atoms with Crippen molar-refractivity contribution in [3.8, 4) is 0 Å². The second-order valence-corrected chi connectivity index (χ2v) is 9.01. The average molecular weight is 481 g/mol. The van der Waals surface area contributed by atoms with Crippen LogP contribution in [0, 0.1) is 5.82 Å². The van der Waals surface area contributed by atoms with Gasteiger partial charge in [-0.3, -0.25) is 23.7 Å². The van der Waals surface area contributed by atoms with Crippen LogP contribution in [0.2, 0.25) is 0 Å². The lowest BCUT2D eigenvalue weighted by atomic mass is 10.2. The van der Waals surface area contributed by atoms with E-state index in [1.54, 1.807) is 24.4 Å². The third-order valence-corrected chi connectivity index (χ3v) is 6.60. The van der Waals surface area contributed by atoms with Crippen LogP contribution >= 0.6 is 11.8 Å². The predicted molar refractivity (Wildman–Crippen MR) is 127 cm³/mol. The number of nitrogens with zero attached hydrogens (tertiary/aromatic N) is 3. The van der Waals surface area contributed by atoms with Crippen LogP contribution in [0.1, 0.15) is 24.0 Å². The maximum Gasteiger partial charge on any atom is 0.293 e. The van der Waals surface area contributed by atoms with Crippen molar-refractivity contribution in [2.45, 2.75) is 25.5 Å². The number of halogens is 1. The molecular formula is C24H21FN4O4S. The van der Waals surface area contributed by atoms with Crippen LogP contribution in [0.5, 0.6) is 0 Å². The lowest BCUT2D eigenvalue weighted by Gasteiger charge is -2.14. The van der Waals surface area contributed by atoms with E-state index >= 15 is 0 Å². The molecule has 0 radical (unpaired) electrons. The average Bonchev–Trinajstić information content (AvgIpc) is 3.45. The van der Waals surface area contributed by atoms with Gasteiger partial charge in [-0.25, -0.2) is 9.37 Å². The van der Waals surface area contributed by atoms with Crippen molar-refractivity contribution < 1.29 is 18.7 Å². The monoisotopic (exact) mass is 480 g/mol. The number of hydrogen-bond acceptors (Lipinski definition) is 7. The van der Waals surface area contributed by atoms with E-state index in [-0.39, 0.29) is 28.7 Å². The maximum atomic E-state index is 13.3. The van der Waals surface area contributed by atoms with E-state index in [0.717, 1.165) is 29.5 Å². The predicted octanol–water partition coefficient (Wildman–Crippen LogP) is 3.66. The molecule has 2 aromatic heterocycles. The van der Waals surface area contributed by atoms with E-state index in [9.17, 15) is 18.8 Å². The van der Waals surface area contributed by atoms with Crippen molar-refractivity contribution in [3.05, 3.63) is 80.9 Å². The maximum absolute atomic E-state index is 13.3. The Bertz CT molecular complexity index is 1350. The number of fused-ring (bicyclic) bond motifs is 1. The van der Waals surface area contributed by atoms with Gasteiger partial charge in [0.2, 0.25) is 0 Å². The highest BCUT2D eigenvalue weighted by Gasteiger charge is 2.35. The Labute approximate surface area is 198 Å². The summed E-state index contributed by atoms with van der Waals surface area (Å²) in [6.45, 7) is 1.19. The molecule has 10 heteroatoms. The van der Waals surface area contributed by atoms with E-state index in [1.807, 2.05) is 0 Å². The molecule has 1 aromatic carbocycles. The van der Waals surface area contributed by atoms with Gasteiger partial charge in [-0.05, 0) is 60.5 Å². The Balaban J connectivity index is 1.48. The van der Waals surface area contributed by atoms with Crippen molar-refractivity contribution in [1.82, 2.24) is 14.3 Å². The van der Waals surface area contributed by atoms with Crippen molar-refractivity contribution in [2.24, 2.45) is 0 Å². The number of ether oxygens (including phenoxy) is 1. The Kier molecular flexibility index (Phi) is 6.16. The SMILES string of the molecule is O=C1SC(=Cc2c(NCC3CCCO3)nc3ccccn3c2=O)C(=O)N1Cc1ccc(F)cc1. The van der Waals surface area contributed by atoms with Gasteiger partial charge >= 0.3 is 0 Å². The van der Waals surface area contributed by atoms with Crippen molar-refractivity contribution >= 4 is 40.4 Å². The Morgan fingerprint density at radius 3 is 2.76 bits per heavy atom. The highest BCUT2D eigenvalue weighted by Crippen LogP contribution is 2.33. The van der Waals surface area contributed by atoms with Gasteiger partial charge in [0.05, 0.1) is 23.1 Å². The molecule has 0 aliphatic carbocycles. The zero-order valence-electron chi connectivity index (χ0n) is 18.1. The number of nitrogens with one attached hydrogen (secondary N) is 1. The van der Waals surface area contributed by atoms with Gasteiger partial charge in [-0.1, -0.05) is 18.2 Å². The molecule has 1 unspecified atom stereocenters. The molecule has 2 aliphatic heterocycles. The van der Waals surface area contributed by atoms with Crippen LogP contribution in [-0.2, 0) is 16.1 Å². The number of amides is 2. The molecule has 2 saturated heterocycles. The number of anilines is 1. The van der Waals surface area contributed by atoms with Gasteiger partial charge in [-0.15, -0.1) is 0 Å². The van der Waals surface area contributed by atoms with E-state index in [4.69, 9.17) is 4.74 Å². The van der Waals surface area contributed by atoms with Gasteiger partial charge in [-0.2, -0.15) is 0 Å². The summed E-state index contributed by atoms with van der Waals surface area (Å²) in [6.07, 6.45) is 4.94. The summed E-state index contributed by atoms with van der Waals surface area (Å²) in [4.78, 5) is 44.6. The van der Waals surface area contributed by atoms with Gasteiger partial charge < -0.3 is 10.1 Å². The number of benzene rings is 1. The zero-order chi connectivity index (χ0) is 23.7. The number of hydrogen-bond donors (Lipinski definition) is 1. The Hall–Kier alpha value is -3.50. The van der Waals surface area contributed by atoms with Gasteiger partial charge in [0.15, 0.2) is 0 Å². The number of thioether (sulfide) groups is 1. The number of rotatable bonds is 6. The van der Waals surface area contributed by atoms with Crippen LogP contribution < -0.4 is 10.9 Å². The third kappa shape index (κ3) is 4.46. The number of imide groups is 1. The quantitative estimate of drug-likeness (QED) is 0.538. The van der Waals surface area contributed by atoms with Crippen LogP contribution in [0.4, 0.5) is 15.0 Å². The molecule has 1 atom stereocenters. The minimum Gasteiger partial charge on any atom is -0.376 e. The highest BCUT2D eigenvalue weighted by atomic mass is 32.2. The van der Waals surface area contributed by atoms with Crippen molar-refractivity contribution in [1.29, 1.82) is 0 Å². The summed E-state index contributed by atoms with van der Waals surface area (Å²) in [5.74, 6) is -0.580. The fraction of sp³-hybridized carbons (Fsp3) is 0.250. The molecule has 2 fully saturated rings. The van der Waals surface area contributed by atoms with E-state index in [2.05, 4.69) is 10.3 Å². The van der Waals surface area contributed by atoms with Crippen LogP contribution in [0.15, 0.2) is 58.4 Å².